The van der Waals surface area contributed by atoms with E-state index < -0.39 is 5.82 Å². The average molecular weight is 399 g/mol. The number of carbonyl (C=O) groups excluding carboxylic acids is 1. The number of nitrogens with zero attached hydrogens (tertiary/aromatic N) is 4. The molecule has 0 bridgehead atoms. The fraction of sp³-hybridized carbons (Fsp3) is 0.286. The number of pyridine rings is 1. The number of imidazole rings is 1. The van der Waals surface area contributed by atoms with E-state index in [-0.39, 0.29) is 22.4 Å². The number of carbonyl (C=O) groups is 1. The molecule has 3 heterocycles. The number of hydrogen-bond acceptors (Lipinski definition) is 3. The van der Waals surface area contributed by atoms with Gasteiger partial charge in [-0.15, -0.1) is 0 Å². The predicted molar refractivity (Wildman–Crippen MR) is 105 cm³/mol. The van der Waals surface area contributed by atoms with Crippen molar-refractivity contribution in [3.05, 3.63) is 82.9 Å². The van der Waals surface area contributed by atoms with E-state index in [1.807, 2.05) is 18.3 Å². The molecule has 144 valence electrons. The molecule has 2 aromatic heterocycles. The second-order valence-electron chi connectivity index (χ2n) is 7.02. The summed E-state index contributed by atoms with van der Waals surface area (Å²) in [7, 11) is 0. The Bertz CT molecular complexity index is 955. The van der Waals surface area contributed by atoms with Crippen LogP contribution in [0, 0.1) is 5.82 Å². The zero-order valence-electron chi connectivity index (χ0n) is 15.3. The maximum Gasteiger partial charge on any atom is 0.254 e. The van der Waals surface area contributed by atoms with Gasteiger partial charge in [0.05, 0.1) is 0 Å². The molecule has 1 amide bonds. The molecule has 0 aliphatic carbocycles. The SMILES string of the molecule is O=C(c1cc(F)cc(Cl)c1)N1CCC[C@@H](c2nccn2Cc2ccncc2)C1. The standard InChI is InChI=1S/C21H20ClFN4O/c22-18-10-17(11-19(23)12-18)21(28)27-8-1-2-16(14-27)20-25-7-9-26(20)13-15-3-5-24-6-4-15/h3-7,9-12,16H,1-2,8,13-14H2/t16-/m1/s1. The Balaban J connectivity index is 1.52. The van der Waals surface area contributed by atoms with E-state index in [2.05, 4.69) is 14.5 Å². The highest BCUT2D eigenvalue weighted by Crippen LogP contribution is 2.28. The summed E-state index contributed by atoms with van der Waals surface area (Å²) in [6, 6.07) is 7.92. The van der Waals surface area contributed by atoms with Crippen molar-refractivity contribution in [2.45, 2.75) is 25.3 Å². The summed E-state index contributed by atoms with van der Waals surface area (Å²) in [6.07, 6.45) is 9.14. The minimum absolute atomic E-state index is 0.138. The summed E-state index contributed by atoms with van der Waals surface area (Å²) in [6.45, 7) is 1.91. The molecular weight excluding hydrogens is 379 g/mol. The molecule has 1 aliphatic rings. The molecule has 1 aliphatic heterocycles. The van der Waals surface area contributed by atoms with Gasteiger partial charge < -0.3 is 9.47 Å². The van der Waals surface area contributed by atoms with Gasteiger partial charge in [-0.1, -0.05) is 11.6 Å². The smallest absolute Gasteiger partial charge is 0.254 e. The largest absolute Gasteiger partial charge is 0.338 e. The fourth-order valence-electron chi connectivity index (χ4n) is 3.73. The van der Waals surface area contributed by atoms with Gasteiger partial charge in [-0.3, -0.25) is 9.78 Å². The summed E-state index contributed by atoms with van der Waals surface area (Å²) >= 11 is 5.91. The molecule has 0 unspecified atom stereocenters. The highest BCUT2D eigenvalue weighted by atomic mass is 35.5. The van der Waals surface area contributed by atoms with Crippen LogP contribution in [0.3, 0.4) is 0 Å². The van der Waals surface area contributed by atoms with Crippen LogP contribution in [0.15, 0.2) is 55.1 Å². The van der Waals surface area contributed by atoms with Gasteiger partial charge in [0.1, 0.15) is 11.6 Å². The Labute approximate surface area is 167 Å². The van der Waals surface area contributed by atoms with Crippen LogP contribution in [-0.2, 0) is 6.54 Å². The van der Waals surface area contributed by atoms with Crippen molar-refractivity contribution in [2.75, 3.05) is 13.1 Å². The lowest BCUT2D eigenvalue weighted by molar-refractivity contribution is 0.0703. The van der Waals surface area contributed by atoms with Gasteiger partial charge >= 0.3 is 0 Å². The van der Waals surface area contributed by atoms with E-state index in [4.69, 9.17) is 11.6 Å². The summed E-state index contributed by atoms with van der Waals surface area (Å²) < 4.78 is 15.8. The number of halogens is 2. The quantitative estimate of drug-likeness (QED) is 0.663. The van der Waals surface area contributed by atoms with E-state index >= 15 is 0 Å². The minimum Gasteiger partial charge on any atom is -0.338 e. The predicted octanol–water partition coefficient (Wildman–Crippen LogP) is 4.14. The van der Waals surface area contributed by atoms with Crippen molar-refractivity contribution in [1.29, 1.82) is 0 Å². The maximum atomic E-state index is 13.6. The van der Waals surface area contributed by atoms with Gasteiger partial charge in [0, 0.05) is 60.9 Å². The zero-order valence-corrected chi connectivity index (χ0v) is 16.0. The third-order valence-electron chi connectivity index (χ3n) is 5.03. The number of benzene rings is 1. The first kappa shape index (κ1) is 18.6. The summed E-state index contributed by atoms with van der Waals surface area (Å²) in [4.78, 5) is 23.2. The molecule has 0 saturated carbocycles. The van der Waals surface area contributed by atoms with Crippen molar-refractivity contribution in [1.82, 2.24) is 19.4 Å². The van der Waals surface area contributed by atoms with Crippen LogP contribution in [0.4, 0.5) is 4.39 Å². The van der Waals surface area contributed by atoms with Crippen molar-refractivity contribution in [3.8, 4) is 0 Å². The van der Waals surface area contributed by atoms with Crippen molar-refractivity contribution >= 4 is 17.5 Å². The molecule has 0 radical (unpaired) electrons. The second kappa shape index (κ2) is 8.10. The first-order chi connectivity index (χ1) is 13.6. The monoisotopic (exact) mass is 398 g/mol. The number of hydrogen-bond donors (Lipinski definition) is 0. The topological polar surface area (TPSA) is 51.0 Å². The Morgan fingerprint density at radius 3 is 2.82 bits per heavy atom. The molecule has 5 nitrogen and oxygen atoms in total. The van der Waals surface area contributed by atoms with Gasteiger partial charge in [-0.2, -0.15) is 0 Å². The second-order valence-corrected chi connectivity index (χ2v) is 7.45. The summed E-state index contributed by atoms with van der Waals surface area (Å²) in [5, 5.41) is 0.227. The molecule has 1 saturated heterocycles. The molecule has 1 fully saturated rings. The lowest BCUT2D eigenvalue weighted by Crippen LogP contribution is -2.39. The minimum atomic E-state index is -0.502. The van der Waals surface area contributed by atoms with Gasteiger partial charge in [0.25, 0.3) is 5.91 Å². The number of piperidine rings is 1. The molecule has 1 atom stereocenters. The fourth-order valence-corrected chi connectivity index (χ4v) is 3.95. The molecule has 4 rings (SSSR count). The van der Waals surface area contributed by atoms with E-state index in [9.17, 15) is 9.18 Å². The highest BCUT2D eigenvalue weighted by molar-refractivity contribution is 6.31. The van der Waals surface area contributed by atoms with Crippen LogP contribution >= 0.6 is 11.6 Å². The van der Waals surface area contributed by atoms with Crippen LogP contribution in [-0.4, -0.2) is 38.4 Å². The van der Waals surface area contributed by atoms with Gasteiger partial charge in [0.15, 0.2) is 0 Å². The van der Waals surface area contributed by atoms with Crippen molar-refractivity contribution in [3.63, 3.8) is 0 Å². The van der Waals surface area contributed by atoms with Gasteiger partial charge in [-0.05, 0) is 48.7 Å². The maximum absolute atomic E-state index is 13.6. The van der Waals surface area contributed by atoms with Crippen molar-refractivity contribution < 1.29 is 9.18 Å². The van der Waals surface area contributed by atoms with Crippen LogP contribution in [0.2, 0.25) is 5.02 Å². The molecule has 0 spiro atoms. The number of aromatic nitrogens is 3. The normalized spacial score (nSPS) is 16.9. The molecule has 28 heavy (non-hydrogen) atoms. The summed E-state index contributed by atoms with van der Waals surface area (Å²) in [5.74, 6) is 0.404. The first-order valence-electron chi connectivity index (χ1n) is 9.25. The van der Waals surface area contributed by atoms with Crippen LogP contribution < -0.4 is 0 Å². The Kier molecular flexibility index (Phi) is 5.39. The van der Waals surface area contributed by atoms with Crippen LogP contribution in [0.25, 0.3) is 0 Å². The van der Waals surface area contributed by atoms with Crippen LogP contribution in [0.1, 0.15) is 40.5 Å². The van der Waals surface area contributed by atoms with Crippen LogP contribution in [0.5, 0.6) is 0 Å². The van der Waals surface area contributed by atoms with E-state index in [1.54, 1.807) is 23.5 Å². The third-order valence-corrected chi connectivity index (χ3v) is 5.25. The molecular formula is C21H20ClFN4O. The van der Waals surface area contributed by atoms with E-state index in [0.29, 0.717) is 19.6 Å². The number of amides is 1. The molecule has 7 heteroatoms. The number of rotatable bonds is 4. The third kappa shape index (κ3) is 4.07. The van der Waals surface area contributed by atoms with E-state index in [1.165, 1.54) is 18.2 Å². The first-order valence-corrected chi connectivity index (χ1v) is 9.63. The van der Waals surface area contributed by atoms with Crippen molar-refractivity contribution in [2.24, 2.45) is 0 Å². The average Bonchev–Trinajstić information content (AvgIpc) is 3.15. The lowest BCUT2D eigenvalue weighted by atomic mass is 9.96. The molecule has 0 N–H and O–H groups in total. The Hall–Kier alpha value is -2.73. The Morgan fingerprint density at radius 2 is 2.04 bits per heavy atom. The highest BCUT2D eigenvalue weighted by Gasteiger charge is 2.28. The molecule has 1 aromatic carbocycles. The van der Waals surface area contributed by atoms with E-state index in [0.717, 1.165) is 24.2 Å². The number of likely N-dealkylation sites (tertiary alicyclic amines) is 1. The van der Waals surface area contributed by atoms with Gasteiger partial charge in [0.2, 0.25) is 0 Å². The molecule has 3 aromatic rings. The summed E-state index contributed by atoms with van der Waals surface area (Å²) in [5.41, 5.74) is 1.43. The van der Waals surface area contributed by atoms with Gasteiger partial charge in [-0.25, -0.2) is 9.37 Å². The zero-order chi connectivity index (χ0) is 19.5. The Morgan fingerprint density at radius 1 is 1.21 bits per heavy atom. The lowest BCUT2D eigenvalue weighted by Gasteiger charge is -2.33.